The van der Waals surface area contributed by atoms with E-state index < -0.39 is 5.97 Å². The zero-order valence-corrected chi connectivity index (χ0v) is 12.4. The Hall–Kier alpha value is -3.39. The number of nitriles is 1. The number of aromatic carboxylic acids is 1. The van der Waals surface area contributed by atoms with E-state index in [1.165, 1.54) is 6.07 Å². The summed E-state index contributed by atoms with van der Waals surface area (Å²) < 4.78 is 1.83. The molecule has 5 heteroatoms. The van der Waals surface area contributed by atoms with Gasteiger partial charge in [-0.3, -0.25) is 0 Å². The average Bonchev–Trinajstić information content (AvgIpc) is 2.90. The van der Waals surface area contributed by atoms with Crippen LogP contribution in [0.3, 0.4) is 0 Å². The lowest BCUT2D eigenvalue weighted by molar-refractivity contribution is 0.0696. The molecule has 3 aromatic rings. The maximum Gasteiger partial charge on any atom is 0.336 e. The molecule has 5 nitrogen and oxygen atoms in total. The summed E-state index contributed by atoms with van der Waals surface area (Å²) >= 11 is 0. The first-order valence-corrected chi connectivity index (χ1v) is 6.98. The zero-order chi connectivity index (χ0) is 16.4. The Bertz CT molecular complexity index is 977. The van der Waals surface area contributed by atoms with Gasteiger partial charge in [0.1, 0.15) is 6.07 Å². The van der Waals surface area contributed by atoms with Crippen LogP contribution in [0.1, 0.15) is 21.7 Å². The Morgan fingerprint density at radius 1 is 1.22 bits per heavy atom. The third-order valence-electron chi connectivity index (χ3n) is 3.64. The van der Waals surface area contributed by atoms with Crippen molar-refractivity contribution >= 4 is 28.7 Å². The quantitative estimate of drug-likeness (QED) is 0.753. The van der Waals surface area contributed by atoms with Crippen LogP contribution in [0.2, 0.25) is 0 Å². The van der Waals surface area contributed by atoms with Crippen LogP contribution >= 0.6 is 0 Å². The molecular weight excluding hydrogens is 290 g/mol. The van der Waals surface area contributed by atoms with Gasteiger partial charge in [-0.15, -0.1) is 0 Å². The Morgan fingerprint density at radius 2 is 1.91 bits per heavy atom. The molecule has 1 heterocycles. The average molecular weight is 303 g/mol. The monoisotopic (exact) mass is 303 g/mol. The second kappa shape index (κ2) is 5.78. The Morgan fingerprint density at radius 3 is 2.61 bits per heavy atom. The Balaban J connectivity index is 2.18. The fourth-order valence-corrected chi connectivity index (χ4v) is 2.51. The summed E-state index contributed by atoms with van der Waals surface area (Å²) in [6, 6.07) is 16.3. The van der Waals surface area contributed by atoms with Gasteiger partial charge < -0.3 is 9.67 Å². The highest BCUT2D eigenvalue weighted by molar-refractivity contribution is 5.97. The topological polar surface area (TPSA) is 78.9 Å². The molecule has 1 N–H and O–H groups in total. The predicted molar refractivity (Wildman–Crippen MR) is 87.6 cm³/mol. The SMILES string of the molecule is Cn1c(/C(C#N)=C\c2ccccc2C(=O)O)nc2ccccc21. The summed E-state index contributed by atoms with van der Waals surface area (Å²) in [6.07, 6.45) is 1.56. The second-order valence-electron chi connectivity index (χ2n) is 5.05. The van der Waals surface area contributed by atoms with E-state index in [4.69, 9.17) is 0 Å². The molecule has 0 aliphatic carbocycles. The van der Waals surface area contributed by atoms with Gasteiger partial charge in [-0.2, -0.15) is 5.26 Å². The third-order valence-corrected chi connectivity index (χ3v) is 3.64. The number of imidazole rings is 1. The number of aryl methyl sites for hydroxylation is 1. The number of allylic oxidation sites excluding steroid dienone is 1. The van der Waals surface area contributed by atoms with Crippen LogP contribution in [-0.4, -0.2) is 20.6 Å². The van der Waals surface area contributed by atoms with Crippen molar-refractivity contribution in [1.82, 2.24) is 9.55 Å². The fourth-order valence-electron chi connectivity index (χ4n) is 2.51. The number of carboxylic acid groups (broad SMARTS) is 1. The predicted octanol–water partition coefficient (Wildman–Crippen LogP) is 3.34. The van der Waals surface area contributed by atoms with E-state index >= 15 is 0 Å². The van der Waals surface area contributed by atoms with E-state index in [1.54, 1.807) is 24.3 Å². The largest absolute Gasteiger partial charge is 0.478 e. The highest BCUT2D eigenvalue weighted by atomic mass is 16.4. The molecule has 0 fully saturated rings. The Kier molecular flexibility index (Phi) is 3.65. The minimum Gasteiger partial charge on any atom is -0.478 e. The van der Waals surface area contributed by atoms with Crippen molar-refractivity contribution in [2.75, 3.05) is 0 Å². The normalized spacial score (nSPS) is 11.4. The molecule has 1 aromatic heterocycles. The van der Waals surface area contributed by atoms with Crippen molar-refractivity contribution in [3.8, 4) is 6.07 Å². The van der Waals surface area contributed by atoms with Crippen LogP contribution in [0, 0.1) is 11.3 Å². The molecule has 0 unspecified atom stereocenters. The van der Waals surface area contributed by atoms with Crippen LogP contribution in [0.5, 0.6) is 0 Å². The van der Waals surface area contributed by atoms with Gasteiger partial charge in [-0.05, 0) is 29.8 Å². The van der Waals surface area contributed by atoms with Gasteiger partial charge >= 0.3 is 5.97 Å². The summed E-state index contributed by atoms with van der Waals surface area (Å²) in [5.41, 5.74) is 2.65. The first kappa shape index (κ1) is 14.5. The number of aromatic nitrogens is 2. The van der Waals surface area contributed by atoms with E-state index in [0.717, 1.165) is 11.0 Å². The van der Waals surface area contributed by atoms with Crippen molar-refractivity contribution in [3.63, 3.8) is 0 Å². The molecule has 0 aliphatic rings. The van der Waals surface area contributed by atoms with Crippen LogP contribution < -0.4 is 0 Å². The molecule has 23 heavy (non-hydrogen) atoms. The highest BCUT2D eigenvalue weighted by Crippen LogP contribution is 2.23. The van der Waals surface area contributed by atoms with E-state index in [-0.39, 0.29) is 5.56 Å². The first-order chi connectivity index (χ1) is 11.1. The van der Waals surface area contributed by atoms with Gasteiger partial charge in [0.2, 0.25) is 0 Å². The summed E-state index contributed by atoms with van der Waals surface area (Å²) in [5, 5.41) is 18.8. The summed E-state index contributed by atoms with van der Waals surface area (Å²) in [7, 11) is 1.83. The van der Waals surface area contributed by atoms with Crippen molar-refractivity contribution in [3.05, 3.63) is 65.5 Å². The summed E-state index contributed by atoms with van der Waals surface area (Å²) in [5.74, 6) is -0.520. The standard InChI is InChI=1S/C18H13N3O2/c1-21-16-9-5-4-8-15(16)20-17(21)13(11-19)10-12-6-2-3-7-14(12)18(22)23/h2-10H,1H3,(H,22,23)/b13-10-. The van der Waals surface area contributed by atoms with Crippen LogP contribution in [-0.2, 0) is 7.05 Å². The Labute approximate surface area is 132 Å². The van der Waals surface area contributed by atoms with E-state index in [9.17, 15) is 15.2 Å². The molecule has 0 saturated carbocycles. The summed E-state index contributed by atoms with van der Waals surface area (Å²) in [4.78, 5) is 15.8. The maximum absolute atomic E-state index is 11.3. The van der Waals surface area contributed by atoms with Crippen molar-refractivity contribution in [1.29, 1.82) is 5.26 Å². The van der Waals surface area contributed by atoms with Gasteiger partial charge in [-0.25, -0.2) is 9.78 Å². The smallest absolute Gasteiger partial charge is 0.336 e. The van der Waals surface area contributed by atoms with Gasteiger partial charge in [-0.1, -0.05) is 30.3 Å². The molecule has 0 bridgehead atoms. The van der Waals surface area contributed by atoms with Crippen LogP contribution in [0.15, 0.2) is 48.5 Å². The number of para-hydroxylation sites is 2. The van der Waals surface area contributed by atoms with Gasteiger partial charge in [0, 0.05) is 7.05 Å². The van der Waals surface area contributed by atoms with Crippen molar-refractivity contribution in [2.24, 2.45) is 7.05 Å². The molecule has 0 aliphatic heterocycles. The number of nitrogens with zero attached hydrogens (tertiary/aromatic N) is 3. The van der Waals surface area contributed by atoms with E-state index in [1.807, 2.05) is 35.9 Å². The lowest BCUT2D eigenvalue weighted by Gasteiger charge is -2.03. The number of hydrogen-bond acceptors (Lipinski definition) is 3. The number of rotatable bonds is 3. The van der Waals surface area contributed by atoms with Gasteiger partial charge in [0.05, 0.1) is 22.2 Å². The van der Waals surface area contributed by atoms with E-state index in [2.05, 4.69) is 11.1 Å². The molecule has 112 valence electrons. The molecule has 0 radical (unpaired) electrons. The molecular formula is C18H13N3O2. The minimum atomic E-state index is -1.03. The molecule has 0 atom stereocenters. The second-order valence-corrected chi connectivity index (χ2v) is 5.05. The molecule has 3 rings (SSSR count). The molecule has 2 aromatic carbocycles. The lowest BCUT2D eigenvalue weighted by Crippen LogP contribution is -2.00. The summed E-state index contributed by atoms with van der Waals surface area (Å²) in [6.45, 7) is 0. The maximum atomic E-state index is 11.3. The number of benzene rings is 2. The zero-order valence-electron chi connectivity index (χ0n) is 12.4. The van der Waals surface area contributed by atoms with Gasteiger partial charge in [0.15, 0.2) is 5.82 Å². The van der Waals surface area contributed by atoms with E-state index in [0.29, 0.717) is 17.0 Å². The van der Waals surface area contributed by atoms with Crippen LogP contribution in [0.25, 0.3) is 22.7 Å². The number of carboxylic acids is 1. The van der Waals surface area contributed by atoms with Crippen molar-refractivity contribution < 1.29 is 9.90 Å². The van der Waals surface area contributed by atoms with Crippen molar-refractivity contribution in [2.45, 2.75) is 0 Å². The number of fused-ring (bicyclic) bond motifs is 1. The first-order valence-electron chi connectivity index (χ1n) is 6.98. The molecule has 0 spiro atoms. The number of carbonyl (C=O) groups is 1. The highest BCUT2D eigenvalue weighted by Gasteiger charge is 2.14. The molecule has 0 amide bonds. The third kappa shape index (κ3) is 2.58. The minimum absolute atomic E-state index is 0.152. The van der Waals surface area contributed by atoms with Crippen LogP contribution in [0.4, 0.5) is 0 Å². The molecule has 0 saturated heterocycles. The fraction of sp³-hybridized carbons (Fsp3) is 0.0556. The lowest BCUT2D eigenvalue weighted by atomic mass is 10.0. The number of hydrogen-bond donors (Lipinski definition) is 1. The van der Waals surface area contributed by atoms with Gasteiger partial charge in [0.25, 0.3) is 0 Å².